The third kappa shape index (κ3) is 5.50. The van der Waals surface area contributed by atoms with Crippen LogP contribution in [0.5, 0.6) is 0 Å². The molecular weight excluding hydrogens is 422 g/mol. The number of imidazole rings is 1. The Kier molecular flexibility index (Phi) is 7.26. The lowest BCUT2D eigenvalue weighted by atomic mass is 9.88. The first-order valence-electron chi connectivity index (χ1n) is 12.9. The largest absolute Gasteiger partial charge is 0.331 e. The first-order chi connectivity index (χ1) is 16.7. The SMILES string of the molecule is Cn1c(CCN2CCN(Cc3ccccc3)CC2)nc2cc(NC(=O)C3CCCCC3)ccc21. The van der Waals surface area contributed by atoms with Gasteiger partial charge in [-0.15, -0.1) is 0 Å². The fourth-order valence-electron chi connectivity index (χ4n) is 5.43. The van der Waals surface area contributed by atoms with Crippen molar-refractivity contribution in [3.63, 3.8) is 0 Å². The summed E-state index contributed by atoms with van der Waals surface area (Å²) in [5.41, 5.74) is 4.34. The molecule has 2 heterocycles. The molecule has 1 aliphatic heterocycles. The minimum absolute atomic E-state index is 0.164. The third-order valence-corrected chi connectivity index (χ3v) is 7.58. The molecular formula is C28H37N5O. The Hall–Kier alpha value is -2.70. The van der Waals surface area contributed by atoms with Crippen molar-refractivity contribution in [2.24, 2.45) is 13.0 Å². The second-order valence-electron chi connectivity index (χ2n) is 9.97. The molecule has 5 rings (SSSR count). The lowest BCUT2D eigenvalue weighted by Crippen LogP contribution is -2.46. The number of hydrogen-bond acceptors (Lipinski definition) is 4. The van der Waals surface area contributed by atoms with Crippen LogP contribution in [0.25, 0.3) is 11.0 Å². The van der Waals surface area contributed by atoms with Gasteiger partial charge in [0, 0.05) is 64.3 Å². The number of carbonyl (C=O) groups excluding carboxylic acids is 1. The number of amides is 1. The van der Waals surface area contributed by atoms with Crippen LogP contribution in [0.15, 0.2) is 48.5 Å². The standard InChI is InChI=1S/C28H37N5O/c1-31-26-13-12-24(29-28(34)23-10-6-3-7-11-23)20-25(26)30-27(31)14-15-32-16-18-33(19-17-32)21-22-8-4-2-5-9-22/h2,4-5,8-9,12-13,20,23H,3,6-7,10-11,14-19,21H2,1H3,(H,29,34). The van der Waals surface area contributed by atoms with Crippen molar-refractivity contribution < 1.29 is 4.79 Å². The van der Waals surface area contributed by atoms with Crippen molar-refractivity contribution in [1.29, 1.82) is 0 Å². The Bertz CT molecular complexity index is 1090. The minimum Gasteiger partial charge on any atom is -0.331 e. The summed E-state index contributed by atoms with van der Waals surface area (Å²) in [6.45, 7) is 6.51. The highest BCUT2D eigenvalue weighted by Gasteiger charge is 2.22. The smallest absolute Gasteiger partial charge is 0.227 e. The molecule has 1 amide bonds. The van der Waals surface area contributed by atoms with Crippen LogP contribution in [-0.2, 0) is 24.8 Å². The Morgan fingerprint density at radius 3 is 2.47 bits per heavy atom. The Balaban J connectivity index is 1.14. The molecule has 2 aromatic carbocycles. The number of anilines is 1. The van der Waals surface area contributed by atoms with E-state index < -0.39 is 0 Å². The maximum Gasteiger partial charge on any atom is 0.227 e. The quantitative estimate of drug-likeness (QED) is 0.567. The first kappa shape index (κ1) is 23.1. The lowest BCUT2D eigenvalue weighted by Gasteiger charge is -2.34. The van der Waals surface area contributed by atoms with E-state index in [1.165, 1.54) is 24.8 Å². The number of hydrogen-bond donors (Lipinski definition) is 1. The van der Waals surface area contributed by atoms with Crippen molar-refractivity contribution in [2.45, 2.75) is 45.1 Å². The molecule has 2 aliphatic rings. The molecule has 0 spiro atoms. The van der Waals surface area contributed by atoms with Gasteiger partial charge in [0.05, 0.1) is 11.0 Å². The third-order valence-electron chi connectivity index (χ3n) is 7.58. The van der Waals surface area contributed by atoms with E-state index in [2.05, 4.69) is 63.1 Å². The van der Waals surface area contributed by atoms with Crippen molar-refractivity contribution in [3.8, 4) is 0 Å². The highest BCUT2D eigenvalue weighted by Crippen LogP contribution is 2.26. The van der Waals surface area contributed by atoms with Gasteiger partial charge in [-0.05, 0) is 36.6 Å². The summed E-state index contributed by atoms with van der Waals surface area (Å²) in [6, 6.07) is 16.9. The molecule has 180 valence electrons. The Morgan fingerprint density at radius 1 is 0.971 bits per heavy atom. The number of piperazine rings is 1. The molecule has 1 saturated heterocycles. The normalized spacial score (nSPS) is 18.4. The Labute approximate surface area is 203 Å². The molecule has 1 saturated carbocycles. The van der Waals surface area contributed by atoms with Crippen LogP contribution in [0.3, 0.4) is 0 Å². The van der Waals surface area contributed by atoms with E-state index in [0.717, 1.165) is 81.1 Å². The van der Waals surface area contributed by atoms with E-state index in [0.29, 0.717) is 0 Å². The molecule has 1 N–H and O–H groups in total. The second-order valence-corrected chi connectivity index (χ2v) is 9.97. The number of aromatic nitrogens is 2. The zero-order valence-corrected chi connectivity index (χ0v) is 20.4. The van der Waals surface area contributed by atoms with Gasteiger partial charge in [0.25, 0.3) is 0 Å². The summed E-state index contributed by atoms with van der Waals surface area (Å²) in [4.78, 5) is 22.7. The molecule has 0 unspecified atom stereocenters. The zero-order valence-electron chi connectivity index (χ0n) is 20.4. The zero-order chi connectivity index (χ0) is 23.3. The molecule has 3 aromatic rings. The maximum atomic E-state index is 12.6. The van der Waals surface area contributed by atoms with Gasteiger partial charge in [-0.25, -0.2) is 4.98 Å². The summed E-state index contributed by atoms with van der Waals surface area (Å²) in [7, 11) is 2.10. The summed E-state index contributed by atoms with van der Waals surface area (Å²) < 4.78 is 2.20. The number of aryl methyl sites for hydroxylation is 1. The van der Waals surface area contributed by atoms with Crippen molar-refractivity contribution in [3.05, 3.63) is 59.9 Å². The van der Waals surface area contributed by atoms with Crippen LogP contribution in [0.1, 0.15) is 43.5 Å². The predicted octanol–water partition coefficient (Wildman–Crippen LogP) is 4.45. The fourth-order valence-corrected chi connectivity index (χ4v) is 5.43. The molecule has 1 aromatic heterocycles. The van der Waals surface area contributed by atoms with Gasteiger partial charge in [-0.3, -0.25) is 9.69 Å². The highest BCUT2D eigenvalue weighted by molar-refractivity contribution is 5.94. The van der Waals surface area contributed by atoms with Crippen LogP contribution in [0, 0.1) is 5.92 Å². The van der Waals surface area contributed by atoms with Gasteiger partial charge >= 0.3 is 0 Å². The molecule has 2 fully saturated rings. The number of fused-ring (bicyclic) bond motifs is 1. The molecule has 1 aliphatic carbocycles. The summed E-state index contributed by atoms with van der Waals surface area (Å²) >= 11 is 0. The van der Waals surface area contributed by atoms with Crippen molar-refractivity contribution in [1.82, 2.24) is 19.4 Å². The van der Waals surface area contributed by atoms with Crippen LogP contribution in [0.2, 0.25) is 0 Å². The second kappa shape index (κ2) is 10.7. The predicted molar refractivity (Wildman–Crippen MR) is 138 cm³/mol. The molecule has 0 bridgehead atoms. The molecule has 6 heteroatoms. The number of nitrogens with zero attached hydrogens (tertiary/aromatic N) is 4. The van der Waals surface area contributed by atoms with Gasteiger partial charge in [0.2, 0.25) is 5.91 Å². The summed E-state index contributed by atoms with van der Waals surface area (Å²) in [5, 5.41) is 3.14. The highest BCUT2D eigenvalue weighted by atomic mass is 16.1. The topological polar surface area (TPSA) is 53.4 Å². The van der Waals surface area contributed by atoms with Gasteiger partial charge in [0.1, 0.15) is 5.82 Å². The van der Waals surface area contributed by atoms with E-state index in [-0.39, 0.29) is 11.8 Å². The van der Waals surface area contributed by atoms with Crippen LogP contribution in [0.4, 0.5) is 5.69 Å². The van der Waals surface area contributed by atoms with E-state index in [1.54, 1.807) is 0 Å². The molecule has 0 radical (unpaired) electrons. The number of benzene rings is 2. The van der Waals surface area contributed by atoms with Crippen LogP contribution < -0.4 is 5.32 Å². The van der Waals surface area contributed by atoms with Gasteiger partial charge in [-0.2, -0.15) is 0 Å². The fraction of sp³-hybridized carbons (Fsp3) is 0.500. The monoisotopic (exact) mass is 459 g/mol. The van der Waals surface area contributed by atoms with Gasteiger partial charge in [0.15, 0.2) is 0 Å². The molecule has 34 heavy (non-hydrogen) atoms. The van der Waals surface area contributed by atoms with E-state index in [4.69, 9.17) is 4.98 Å². The van der Waals surface area contributed by atoms with E-state index in [9.17, 15) is 4.79 Å². The molecule has 0 atom stereocenters. The summed E-state index contributed by atoms with van der Waals surface area (Å²) in [5.74, 6) is 1.44. The summed E-state index contributed by atoms with van der Waals surface area (Å²) in [6.07, 6.45) is 6.57. The number of rotatable bonds is 7. The average Bonchev–Trinajstić information content (AvgIpc) is 3.19. The lowest BCUT2D eigenvalue weighted by molar-refractivity contribution is -0.120. The van der Waals surface area contributed by atoms with E-state index in [1.807, 2.05) is 12.1 Å². The average molecular weight is 460 g/mol. The first-order valence-corrected chi connectivity index (χ1v) is 12.9. The minimum atomic E-state index is 0.164. The van der Waals surface area contributed by atoms with Crippen LogP contribution in [-0.4, -0.2) is 58.0 Å². The van der Waals surface area contributed by atoms with Crippen LogP contribution >= 0.6 is 0 Å². The number of carbonyl (C=O) groups is 1. The molecule has 6 nitrogen and oxygen atoms in total. The van der Waals surface area contributed by atoms with Gasteiger partial charge in [-0.1, -0.05) is 49.6 Å². The number of nitrogens with one attached hydrogen (secondary N) is 1. The van der Waals surface area contributed by atoms with E-state index >= 15 is 0 Å². The van der Waals surface area contributed by atoms with Gasteiger partial charge < -0.3 is 14.8 Å². The van der Waals surface area contributed by atoms with Crippen molar-refractivity contribution >= 4 is 22.6 Å². The maximum absolute atomic E-state index is 12.6. The van der Waals surface area contributed by atoms with Crippen molar-refractivity contribution in [2.75, 3.05) is 38.0 Å². The Morgan fingerprint density at radius 2 is 1.71 bits per heavy atom.